The third kappa shape index (κ3) is 2.60. The van der Waals surface area contributed by atoms with Crippen molar-refractivity contribution in [3.63, 3.8) is 0 Å². The smallest absolute Gasteiger partial charge is 0.279 e. The molecule has 6 heteroatoms. The van der Waals surface area contributed by atoms with Crippen LogP contribution in [0.15, 0.2) is 41.7 Å². The minimum absolute atomic E-state index is 0.186. The summed E-state index contributed by atoms with van der Waals surface area (Å²) in [7, 11) is 1.64. The van der Waals surface area contributed by atoms with Gasteiger partial charge in [0.15, 0.2) is 0 Å². The van der Waals surface area contributed by atoms with Crippen molar-refractivity contribution < 1.29 is 0 Å². The van der Waals surface area contributed by atoms with Crippen molar-refractivity contribution in [2.45, 2.75) is 6.92 Å². The summed E-state index contributed by atoms with van der Waals surface area (Å²) in [6.45, 7) is 5.93. The molecule has 0 aliphatic rings. The van der Waals surface area contributed by atoms with Gasteiger partial charge in [0.25, 0.3) is 0 Å². The molecular formula is C14H17N5O. The molecule has 2 rings (SSSR count). The van der Waals surface area contributed by atoms with E-state index in [0.29, 0.717) is 12.4 Å². The lowest BCUT2D eigenvalue weighted by molar-refractivity contribution is 0.755. The second-order valence-corrected chi connectivity index (χ2v) is 4.44. The van der Waals surface area contributed by atoms with Crippen molar-refractivity contribution in [1.82, 2.24) is 14.5 Å². The van der Waals surface area contributed by atoms with E-state index in [1.165, 1.54) is 9.58 Å². The molecule has 0 radical (unpaired) electrons. The van der Waals surface area contributed by atoms with Crippen LogP contribution in [0.5, 0.6) is 0 Å². The molecular weight excluding hydrogens is 254 g/mol. The highest BCUT2D eigenvalue weighted by atomic mass is 16.1. The minimum Gasteiger partial charge on any atom is -0.279 e. The maximum atomic E-state index is 12.0. The molecule has 1 aromatic heterocycles. The molecule has 0 saturated heterocycles. The maximum absolute atomic E-state index is 12.0. The Morgan fingerprint density at radius 1 is 1.40 bits per heavy atom. The van der Waals surface area contributed by atoms with E-state index in [1.54, 1.807) is 13.1 Å². The number of nitrogens with zero attached hydrogens (tertiary/aromatic N) is 4. The Bertz CT molecular complexity index is 692. The van der Waals surface area contributed by atoms with Crippen LogP contribution in [0.25, 0.3) is 11.4 Å². The van der Waals surface area contributed by atoms with Crippen LogP contribution >= 0.6 is 0 Å². The number of hydrogen-bond donors (Lipinski definition) is 1. The van der Waals surface area contributed by atoms with Gasteiger partial charge in [-0.15, -0.1) is 6.58 Å². The number of aryl methyl sites for hydroxylation is 1. The summed E-state index contributed by atoms with van der Waals surface area (Å²) in [6.07, 6.45) is 1.62. The van der Waals surface area contributed by atoms with Gasteiger partial charge in [0.2, 0.25) is 5.95 Å². The number of anilines is 1. The lowest BCUT2D eigenvalue weighted by Gasteiger charge is -2.16. The van der Waals surface area contributed by atoms with Crippen LogP contribution in [-0.2, 0) is 7.05 Å². The number of benzene rings is 1. The summed E-state index contributed by atoms with van der Waals surface area (Å²) in [6, 6.07) is 7.71. The summed E-state index contributed by atoms with van der Waals surface area (Å²) >= 11 is 0. The molecule has 2 aromatic rings. The van der Waals surface area contributed by atoms with E-state index in [0.717, 1.165) is 11.1 Å². The van der Waals surface area contributed by atoms with Gasteiger partial charge in [-0.05, 0) is 12.5 Å². The quantitative estimate of drug-likeness (QED) is 0.510. The van der Waals surface area contributed by atoms with Crippen molar-refractivity contribution in [3.05, 3.63) is 53.0 Å². The van der Waals surface area contributed by atoms with Gasteiger partial charge >= 0.3 is 5.69 Å². The summed E-state index contributed by atoms with van der Waals surface area (Å²) in [5.74, 6) is 6.52. The molecule has 0 amide bonds. The predicted octanol–water partition coefficient (Wildman–Crippen LogP) is 1.02. The van der Waals surface area contributed by atoms with E-state index in [9.17, 15) is 4.79 Å². The number of rotatable bonds is 4. The molecule has 20 heavy (non-hydrogen) atoms. The Balaban J connectivity index is 2.61. The summed E-state index contributed by atoms with van der Waals surface area (Å²) in [5.41, 5.74) is 1.51. The van der Waals surface area contributed by atoms with Crippen LogP contribution in [0, 0.1) is 6.92 Å². The third-order valence-electron chi connectivity index (χ3n) is 2.97. The highest BCUT2D eigenvalue weighted by Crippen LogP contribution is 2.20. The lowest BCUT2D eigenvalue weighted by Crippen LogP contribution is -2.36. The van der Waals surface area contributed by atoms with Crippen molar-refractivity contribution in [2.75, 3.05) is 11.6 Å². The monoisotopic (exact) mass is 271 g/mol. The molecule has 1 heterocycles. The first-order chi connectivity index (χ1) is 9.54. The zero-order valence-corrected chi connectivity index (χ0v) is 11.6. The molecule has 6 nitrogen and oxygen atoms in total. The largest absolute Gasteiger partial charge is 0.352 e. The summed E-state index contributed by atoms with van der Waals surface area (Å²) < 4.78 is 1.41. The predicted molar refractivity (Wildman–Crippen MR) is 79.2 cm³/mol. The molecule has 0 aliphatic carbocycles. The molecule has 0 unspecified atom stereocenters. The highest BCUT2D eigenvalue weighted by molar-refractivity contribution is 5.61. The van der Waals surface area contributed by atoms with Gasteiger partial charge in [-0.1, -0.05) is 30.3 Å². The molecule has 0 bridgehead atoms. The number of aromatic nitrogens is 3. The molecule has 1 aromatic carbocycles. The zero-order chi connectivity index (χ0) is 14.7. The second kappa shape index (κ2) is 5.66. The Kier molecular flexibility index (Phi) is 3.95. The number of hydrogen-bond acceptors (Lipinski definition) is 5. The highest BCUT2D eigenvalue weighted by Gasteiger charge is 2.13. The van der Waals surface area contributed by atoms with Crippen LogP contribution < -0.4 is 16.5 Å². The van der Waals surface area contributed by atoms with Crippen molar-refractivity contribution in [2.24, 2.45) is 12.9 Å². The molecule has 104 valence electrons. The first kappa shape index (κ1) is 14.0. The second-order valence-electron chi connectivity index (χ2n) is 4.44. The standard InChI is InChI=1S/C14H17N5O/c1-4-9-19(15)13-16-12(18(3)14(20)17-13)11-8-6-5-7-10(11)2/h4-8H,1,9,15H2,2-3H3. The van der Waals surface area contributed by atoms with E-state index in [-0.39, 0.29) is 5.95 Å². The molecule has 0 saturated carbocycles. The summed E-state index contributed by atoms with van der Waals surface area (Å²) in [5, 5.41) is 1.29. The van der Waals surface area contributed by atoms with Crippen LogP contribution in [-0.4, -0.2) is 21.1 Å². The van der Waals surface area contributed by atoms with Gasteiger partial charge in [0, 0.05) is 12.6 Å². The van der Waals surface area contributed by atoms with E-state index in [4.69, 9.17) is 5.84 Å². The normalized spacial score (nSPS) is 10.3. The van der Waals surface area contributed by atoms with Gasteiger partial charge in [0.1, 0.15) is 5.82 Å². The molecule has 2 N–H and O–H groups in total. The van der Waals surface area contributed by atoms with E-state index in [2.05, 4.69) is 16.5 Å². The maximum Gasteiger partial charge on any atom is 0.352 e. The Morgan fingerprint density at radius 3 is 2.75 bits per heavy atom. The van der Waals surface area contributed by atoms with Crippen molar-refractivity contribution in [3.8, 4) is 11.4 Å². The van der Waals surface area contributed by atoms with Crippen LogP contribution in [0.3, 0.4) is 0 Å². The minimum atomic E-state index is -0.396. The SMILES string of the molecule is C=CCN(N)c1nc(-c2ccccc2C)n(C)c(=O)n1. The third-order valence-corrected chi connectivity index (χ3v) is 2.97. The summed E-state index contributed by atoms with van der Waals surface area (Å²) in [4.78, 5) is 20.2. The molecule has 0 aliphatic heterocycles. The zero-order valence-electron chi connectivity index (χ0n) is 11.6. The van der Waals surface area contributed by atoms with Gasteiger partial charge in [0.05, 0.1) is 6.54 Å². The fourth-order valence-corrected chi connectivity index (χ4v) is 1.86. The van der Waals surface area contributed by atoms with Gasteiger partial charge in [-0.3, -0.25) is 9.58 Å². The topological polar surface area (TPSA) is 77.0 Å². The fraction of sp³-hybridized carbons (Fsp3) is 0.214. The van der Waals surface area contributed by atoms with E-state index in [1.807, 2.05) is 31.2 Å². The number of nitrogens with two attached hydrogens (primary N) is 1. The van der Waals surface area contributed by atoms with Crippen molar-refractivity contribution >= 4 is 5.95 Å². The molecule has 0 spiro atoms. The number of hydrazine groups is 1. The van der Waals surface area contributed by atoms with Crippen molar-refractivity contribution in [1.29, 1.82) is 0 Å². The van der Waals surface area contributed by atoms with Gasteiger partial charge < -0.3 is 0 Å². The van der Waals surface area contributed by atoms with E-state index < -0.39 is 5.69 Å². The van der Waals surface area contributed by atoms with Gasteiger partial charge in [-0.2, -0.15) is 9.97 Å². The average Bonchev–Trinajstić information content (AvgIpc) is 2.43. The van der Waals surface area contributed by atoms with Crippen LogP contribution in [0.2, 0.25) is 0 Å². The Morgan fingerprint density at radius 2 is 2.10 bits per heavy atom. The van der Waals surface area contributed by atoms with Crippen LogP contribution in [0.4, 0.5) is 5.95 Å². The van der Waals surface area contributed by atoms with Crippen LogP contribution in [0.1, 0.15) is 5.56 Å². The average molecular weight is 271 g/mol. The molecule has 0 fully saturated rings. The first-order valence-corrected chi connectivity index (χ1v) is 6.18. The van der Waals surface area contributed by atoms with Gasteiger partial charge in [-0.25, -0.2) is 10.6 Å². The first-order valence-electron chi connectivity index (χ1n) is 6.18. The fourth-order valence-electron chi connectivity index (χ4n) is 1.86. The Labute approximate surface area is 117 Å². The molecule has 0 atom stereocenters. The Hall–Kier alpha value is -2.47. The lowest BCUT2D eigenvalue weighted by atomic mass is 10.1. The van der Waals surface area contributed by atoms with E-state index >= 15 is 0 Å².